The molecule has 0 amide bonds. The first-order valence-electron chi connectivity index (χ1n) is 9.12. The van der Waals surface area contributed by atoms with Crippen LogP contribution in [-0.2, 0) is 6.42 Å². The summed E-state index contributed by atoms with van der Waals surface area (Å²) in [7, 11) is 0. The van der Waals surface area contributed by atoms with E-state index in [2.05, 4.69) is 12.2 Å². The second-order valence-corrected chi connectivity index (χ2v) is 8.56. The van der Waals surface area contributed by atoms with Crippen LogP contribution in [0.2, 0.25) is 5.02 Å². The van der Waals surface area contributed by atoms with E-state index in [1.165, 1.54) is 0 Å². The molecule has 5 rings (SSSR count). The van der Waals surface area contributed by atoms with Crippen molar-refractivity contribution >= 4 is 50.4 Å². The molecular weight excluding hydrogens is 392 g/mol. The molecule has 0 radical (unpaired) electrons. The molecule has 7 heteroatoms. The minimum absolute atomic E-state index is 0.116. The number of nitrogens with zero attached hydrogens (tertiary/aromatic N) is 3. The van der Waals surface area contributed by atoms with Crippen molar-refractivity contribution < 1.29 is 4.79 Å². The van der Waals surface area contributed by atoms with Crippen LogP contribution >= 0.6 is 22.9 Å². The van der Waals surface area contributed by atoms with Gasteiger partial charge in [0.1, 0.15) is 0 Å². The summed E-state index contributed by atoms with van der Waals surface area (Å²) in [5, 5.41) is 9.44. The van der Waals surface area contributed by atoms with Crippen LogP contribution in [0.1, 0.15) is 29.4 Å². The summed E-state index contributed by atoms with van der Waals surface area (Å²) in [5.74, 6) is 0.961. The molecule has 0 bridgehead atoms. The zero-order valence-corrected chi connectivity index (χ0v) is 16.7. The number of carbonyl (C=O) groups excluding carboxylic acids is 1. The molecule has 28 heavy (non-hydrogen) atoms. The molecule has 2 aromatic heterocycles. The van der Waals surface area contributed by atoms with Gasteiger partial charge >= 0.3 is 0 Å². The van der Waals surface area contributed by atoms with E-state index in [0.717, 1.165) is 33.2 Å². The van der Waals surface area contributed by atoms with Gasteiger partial charge in [0.15, 0.2) is 11.6 Å². The lowest BCUT2D eigenvalue weighted by Crippen LogP contribution is -2.19. The quantitative estimate of drug-likeness (QED) is 0.476. The van der Waals surface area contributed by atoms with Crippen molar-refractivity contribution in [2.24, 2.45) is 5.92 Å². The average molecular weight is 409 g/mol. The number of carbonyl (C=O) groups is 1. The Hall–Kier alpha value is -2.70. The van der Waals surface area contributed by atoms with Crippen LogP contribution in [-0.4, -0.2) is 20.5 Å². The van der Waals surface area contributed by atoms with Crippen molar-refractivity contribution in [3.63, 3.8) is 0 Å². The molecule has 0 saturated carbocycles. The normalized spacial score (nSPS) is 16.4. The molecule has 0 saturated heterocycles. The number of ketones is 1. The number of aromatic nitrogens is 3. The van der Waals surface area contributed by atoms with Crippen LogP contribution in [0.5, 0.6) is 0 Å². The Kier molecular flexibility index (Phi) is 4.18. The van der Waals surface area contributed by atoms with Gasteiger partial charge in [0.2, 0.25) is 5.13 Å². The van der Waals surface area contributed by atoms with E-state index >= 15 is 0 Å². The van der Waals surface area contributed by atoms with Crippen LogP contribution < -0.4 is 5.32 Å². The molecular formula is C21H17ClN4OS. The third-order valence-electron chi connectivity index (χ3n) is 4.89. The third-order valence-corrected chi connectivity index (χ3v) is 6.13. The van der Waals surface area contributed by atoms with Crippen molar-refractivity contribution in [1.29, 1.82) is 0 Å². The summed E-state index contributed by atoms with van der Waals surface area (Å²) >= 11 is 7.68. The fourth-order valence-corrected chi connectivity index (χ4v) is 4.79. The highest BCUT2D eigenvalue weighted by Gasteiger charge is 2.31. The summed E-state index contributed by atoms with van der Waals surface area (Å²) in [6.07, 6.45) is 1.32. The first-order valence-corrected chi connectivity index (χ1v) is 10.3. The van der Waals surface area contributed by atoms with Crippen molar-refractivity contribution in [2.45, 2.75) is 19.8 Å². The lowest BCUT2D eigenvalue weighted by atomic mass is 9.88. The van der Waals surface area contributed by atoms with E-state index in [1.807, 2.05) is 53.2 Å². The van der Waals surface area contributed by atoms with Crippen LogP contribution in [0.25, 0.3) is 15.3 Å². The lowest BCUT2D eigenvalue weighted by molar-refractivity contribution is 0.0953. The predicted molar refractivity (Wildman–Crippen MR) is 113 cm³/mol. The van der Waals surface area contributed by atoms with Gasteiger partial charge in [-0.15, -0.1) is 5.10 Å². The maximum Gasteiger partial charge on any atom is 0.211 e. The van der Waals surface area contributed by atoms with Gasteiger partial charge in [-0.2, -0.15) is 0 Å². The molecule has 1 aliphatic rings. The van der Waals surface area contributed by atoms with Gasteiger partial charge in [-0.1, -0.05) is 48.1 Å². The first-order chi connectivity index (χ1) is 13.6. The van der Waals surface area contributed by atoms with Crippen LogP contribution in [0.15, 0.2) is 48.5 Å². The number of rotatable bonds is 3. The number of para-hydroxylation sites is 1. The maximum atomic E-state index is 12.9. The number of benzene rings is 2. The molecule has 1 N–H and O–H groups in total. The molecule has 1 atom stereocenters. The molecule has 5 nitrogen and oxygen atoms in total. The van der Waals surface area contributed by atoms with E-state index in [9.17, 15) is 4.79 Å². The lowest BCUT2D eigenvalue weighted by Gasteiger charge is -2.18. The zero-order chi connectivity index (χ0) is 19.3. The Labute approximate surface area is 171 Å². The highest BCUT2D eigenvalue weighted by atomic mass is 35.5. The number of Topliss-reactive ketones (excluding diaryl/α,β-unsaturated/α-hetero) is 1. The van der Waals surface area contributed by atoms with Gasteiger partial charge in [0.05, 0.1) is 21.5 Å². The first kappa shape index (κ1) is 17.4. The Bertz CT molecular complexity index is 1180. The van der Waals surface area contributed by atoms with Crippen molar-refractivity contribution in [3.05, 3.63) is 64.8 Å². The Morgan fingerprint density at radius 2 is 2.04 bits per heavy atom. The highest BCUT2D eigenvalue weighted by molar-refractivity contribution is 7.20. The van der Waals surface area contributed by atoms with E-state index in [1.54, 1.807) is 11.3 Å². The molecule has 2 heterocycles. The molecule has 1 unspecified atom stereocenters. The Morgan fingerprint density at radius 1 is 1.18 bits per heavy atom. The van der Waals surface area contributed by atoms with Gasteiger partial charge in [-0.25, -0.2) is 9.67 Å². The average Bonchev–Trinajstić information content (AvgIpc) is 3.23. The Balaban J connectivity index is 1.66. The number of hydrogen-bond donors (Lipinski definition) is 1. The molecule has 0 spiro atoms. The van der Waals surface area contributed by atoms with Crippen molar-refractivity contribution in [2.75, 3.05) is 5.32 Å². The van der Waals surface area contributed by atoms with Crippen LogP contribution in [0.4, 0.5) is 11.5 Å². The van der Waals surface area contributed by atoms with Gasteiger partial charge in [0.25, 0.3) is 0 Å². The van der Waals surface area contributed by atoms with E-state index in [-0.39, 0.29) is 11.7 Å². The minimum Gasteiger partial charge on any atom is -0.338 e. The van der Waals surface area contributed by atoms with Crippen molar-refractivity contribution in [3.8, 4) is 5.13 Å². The molecule has 1 aliphatic carbocycles. The summed E-state index contributed by atoms with van der Waals surface area (Å²) in [4.78, 5) is 17.6. The fraction of sp³-hybridized carbons (Fsp3) is 0.190. The van der Waals surface area contributed by atoms with E-state index in [4.69, 9.17) is 21.7 Å². The molecule has 2 aromatic carbocycles. The molecule has 4 aromatic rings. The second-order valence-electron chi connectivity index (χ2n) is 7.12. The fourth-order valence-electron chi connectivity index (χ4n) is 3.65. The zero-order valence-electron chi connectivity index (χ0n) is 15.1. The highest BCUT2D eigenvalue weighted by Crippen LogP contribution is 2.35. The summed E-state index contributed by atoms with van der Waals surface area (Å²) in [5.41, 5.74) is 3.33. The third kappa shape index (κ3) is 2.99. The van der Waals surface area contributed by atoms with Crippen LogP contribution in [0.3, 0.4) is 0 Å². The number of fused-ring (bicyclic) bond motifs is 2. The topological polar surface area (TPSA) is 59.8 Å². The van der Waals surface area contributed by atoms with Gasteiger partial charge in [-0.05, 0) is 42.7 Å². The molecule has 0 fully saturated rings. The minimum atomic E-state index is 0.116. The maximum absolute atomic E-state index is 12.9. The Morgan fingerprint density at radius 3 is 2.86 bits per heavy atom. The van der Waals surface area contributed by atoms with Gasteiger partial charge < -0.3 is 5.32 Å². The summed E-state index contributed by atoms with van der Waals surface area (Å²) in [6, 6.07) is 15.4. The number of halogens is 1. The van der Waals surface area contributed by atoms with Crippen LogP contribution in [0, 0.1) is 5.92 Å². The smallest absolute Gasteiger partial charge is 0.211 e. The number of hydrogen-bond acceptors (Lipinski definition) is 5. The van der Waals surface area contributed by atoms with Gasteiger partial charge in [0, 0.05) is 17.1 Å². The second kappa shape index (κ2) is 6.72. The standard InChI is InChI=1S/C21H17ClN4OS/c1-12-9-16-19(17(27)10-12)20(23-14-6-4-5-13(22)11-14)25-26(16)21-24-15-7-2-3-8-18(15)28-21/h2-8,11-12H,9-10H2,1H3,(H,23,25). The number of thiazole rings is 1. The summed E-state index contributed by atoms with van der Waals surface area (Å²) in [6.45, 7) is 2.10. The number of nitrogens with one attached hydrogen (secondary N) is 1. The monoisotopic (exact) mass is 408 g/mol. The van der Waals surface area contributed by atoms with Gasteiger partial charge in [-0.3, -0.25) is 4.79 Å². The predicted octanol–water partition coefficient (Wildman–Crippen LogP) is 5.64. The van der Waals surface area contributed by atoms with Crippen molar-refractivity contribution in [1.82, 2.24) is 14.8 Å². The summed E-state index contributed by atoms with van der Waals surface area (Å²) < 4.78 is 2.93. The molecule has 140 valence electrons. The molecule has 0 aliphatic heterocycles. The van der Waals surface area contributed by atoms with E-state index < -0.39 is 0 Å². The largest absolute Gasteiger partial charge is 0.338 e. The van der Waals surface area contributed by atoms with E-state index in [0.29, 0.717) is 22.8 Å². The SMILES string of the molecule is CC1CC(=O)c2c(Nc3cccc(Cl)c3)nn(-c3nc4ccccc4s3)c2C1. The number of anilines is 2.